The minimum Gasteiger partial charge on any atom is -0.394 e. The lowest BCUT2D eigenvalue weighted by molar-refractivity contribution is 0.0802. The van der Waals surface area contributed by atoms with E-state index in [0.29, 0.717) is 4.90 Å². The van der Waals surface area contributed by atoms with Crippen LogP contribution in [0, 0.1) is 0 Å². The van der Waals surface area contributed by atoms with Gasteiger partial charge in [-0.3, -0.25) is 4.79 Å². The first-order chi connectivity index (χ1) is 14.7. The molecule has 13 heteroatoms. The summed E-state index contributed by atoms with van der Waals surface area (Å²) in [6, 6.07) is 3.45. The lowest BCUT2D eigenvalue weighted by atomic mass is 10.1. The largest absolute Gasteiger partial charge is 0.394 e. The molecule has 0 heterocycles. The number of para-hydroxylation sites is 1. The molecule has 3 atom stereocenters. The summed E-state index contributed by atoms with van der Waals surface area (Å²) in [6.45, 7) is -2.93. The Morgan fingerprint density at radius 3 is 1.61 bits per heavy atom. The summed E-state index contributed by atoms with van der Waals surface area (Å²) in [6.07, 6.45) is -3.79. The van der Waals surface area contributed by atoms with E-state index in [1.165, 1.54) is 24.3 Å². The summed E-state index contributed by atoms with van der Waals surface area (Å²) < 4.78 is 0. The number of nitrogens with one attached hydrogen (secondary N) is 3. The molecule has 3 unspecified atom stereocenters. The van der Waals surface area contributed by atoms with Gasteiger partial charge in [-0.15, -0.1) is 0 Å². The average Bonchev–Trinajstić information content (AvgIpc) is 2.79. The molecule has 0 radical (unpaired) electrons. The second kappa shape index (κ2) is 13.5. The number of anilines is 1. The quantitative estimate of drug-likeness (QED) is 0.167. The highest BCUT2D eigenvalue weighted by atomic mass is 16.3. The predicted molar refractivity (Wildman–Crippen MR) is 107 cm³/mol. The van der Waals surface area contributed by atoms with Gasteiger partial charge in [0.05, 0.1) is 49.4 Å². The third kappa shape index (κ3) is 8.45. The molecular weight excluding hydrogens is 416 g/mol. The van der Waals surface area contributed by atoms with Gasteiger partial charge in [-0.05, 0) is 12.1 Å². The normalized spacial score (nSPS) is 13.6. The maximum atomic E-state index is 12.7. The van der Waals surface area contributed by atoms with E-state index >= 15 is 0 Å². The second-order valence-corrected chi connectivity index (χ2v) is 6.44. The van der Waals surface area contributed by atoms with Crippen molar-refractivity contribution in [1.29, 1.82) is 0 Å². The highest BCUT2D eigenvalue weighted by molar-refractivity contribution is 6.17. The molecule has 0 saturated carbocycles. The average molecular weight is 444 g/mol. The van der Waals surface area contributed by atoms with Gasteiger partial charge in [-0.25, -0.2) is 14.5 Å². The van der Waals surface area contributed by atoms with Gasteiger partial charge in [-0.2, -0.15) is 0 Å². The number of hydrogen-bond donors (Lipinski definition) is 9. The molecule has 1 aromatic carbocycles. The Kier molecular flexibility index (Phi) is 11.4. The fraction of sp³-hybridized carbons (Fsp3) is 0.500. The van der Waals surface area contributed by atoms with Gasteiger partial charge in [0.2, 0.25) is 0 Å². The number of aliphatic hydroxyl groups excluding tert-OH is 6. The Morgan fingerprint density at radius 1 is 0.742 bits per heavy atom. The fourth-order valence-electron chi connectivity index (χ4n) is 2.24. The number of imide groups is 1. The van der Waals surface area contributed by atoms with Crippen molar-refractivity contribution in [2.75, 3.05) is 44.4 Å². The van der Waals surface area contributed by atoms with Gasteiger partial charge in [0, 0.05) is 19.6 Å². The number of amides is 5. The Bertz CT molecular complexity index is 708. The van der Waals surface area contributed by atoms with Crippen molar-refractivity contribution < 1.29 is 45.0 Å². The molecule has 1 rings (SSSR count). The van der Waals surface area contributed by atoms with E-state index in [1.807, 2.05) is 0 Å². The molecule has 0 aliphatic rings. The fourth-order valence-corrected chi connectivity index (χ4v) is 2.24. The van der Waals surface area contributed by atoms with Gasteiger partial charge in [0.15, 0.2) is 0 Å². The van der Waals surface area contributed by atoms with E-state index in [0.717, 1.165) is 0 Å². The third-order valence-corrected chi connectivity index (χ3v) is 3.90. The molecule has 13 nitrogen and oxygen atoms in total. The smallest absolute Gasteiger partial charge is 0.330 e. The lowest BCUT2D eigenvalue weighted by Gasteiger charge is -2.25. The zero-order valence-electron chi connectivity index (χ0n) is 16.6. The van der Waals surface area contributed by atoms with E-state index < -0.39 is 69.2 Å². The van der Waals surface area contributed by atoms with Crippen LogP contribution in [-0.2, 0) is 0 Å². The van der Waals surface area contributed by atoms with E-state index in [4.69, 9.17) is 15.3 Å². The minimum absolute atomic E-state index is 0.122. The van der Waals surface area contributed by atoms with Crippen molar-refractivity contribution in [3.8, 4) is 0 Å². The third-order valence-electron chi connectivity index (χ3n) is 3.90. The van der Waals surface area contributed by atoms with Crippen LogP contribution in [0.1, 0.15) is 10.4 Å². The van der Waals surface area contributed by atoms with Crippen LogP contribution >= 0.6 is 0 Å². The maximum Gasteiger partial charge on any atom is 0.330 e. The molecule has 0 fully saturated rings. The first-order valence-corrected chi connectivity index (χ1v) is 9.34. The molecule has 0 bridgehead atoms. The zero-order valence-corrected chi connectivity index (χ0v) is 16.6. The summed E-state index contributed by atoms with van der Waals surface area (Å²) in [5.41, 5.74) is -0.284. The SMILES string of the molecule is O=C(NCC(O)CO)c1ccccc1N(C(=O)NCC(O)CO)C(=O)NCC(O)CO. The van der Waals surface area contributed by atoms with Crippen LogP contribution in [0.4, 0.5) is 15.3 Å². The molecule has 1 aromatic rings. The van der Waals surface area contributed by atoms with Crippen LogP contribution in [-0.4, -0.2) is 106 Å². The van der Waals surface area contributed by atoms with Crippen molar-refractivity contribution in [1.82, 2.24) is 16.0 Å². The van der Waals surface area contributed by atoms with Gasteiger partial charge >= 0.3 is 12.1 Å². The van der Waals surface area contributed by atoms with Crippen LogP contribution < -0.4 is 20.9 Å². The van der Waals surface area contributed by atoms with Crippen molar-refractivity contribution in [2.45, 2.75) is 18.3 Å². The lowest BCUT2D eigenvalue weighted by Crippen LogP contribution is -2.52. The summed E-state index contributed by atoms with van der Waals surface area (Å²) in [7, 11) is 0. The van der Waals surface area contributed by atoms with E-state index in [-0.39, 0.29) is 17.8 Å². The number of carbonyl (C=O) groups is 3. The van der Waals surface area contributed by atoms with Gasteiger partial charge in [0.25, 0.3) is 5.91 Å². The van der Waals surface area contributed by atoms with E-state index in [1.54, 1.807) is 0 Å². The number of nitrogens with zero attached hydrogens (tertiary/aromatic N) is 1. The highest BCUT2D eigenvalue weighted by Crippen LogP contribution is 2.21. The van der Waals surface area contributed by atoms with Gasteiger partial charge in [-0.1, -0.05) is 12.1 Å². The summed E-state index contributed by atoms with van der Waals surface area (Å²) in [5, 5.41) is 61.8. The van der Waals surface area contributed by atoms with Crippen LogP contribution in [0.25, 0.3) is 0 Å². The van der Waals surface area contributed by atoms with Gasteiger partial charge < -0.3 is 46.6 Å². The van der Waals surface area contributed by atoms with Crippen LogP contribution in [0.3, 0.4) is 0 Å². The highest BCUT2D eigenvalue weighted by Gasteiger charge is 2.28. The molecule has 0 aliphatic carbocycles. The summed E-state index contributed by atoms with van der Waals surface area (Å²) in [4.78, 5) is 38.4. The van der Waals surface area contributed by atoms with Crippen molar-refractivity contribution in [3.05, 3.63) is 29.8 Å². The van der Waals surface area contributed by atoms with Gasteiger partial charge in [0.1, 0.15) is 0 Å². The number of carbonyl (C=O) groups excluding carboxylic acids is 3. The van der Waals surface area contributed by atoms with Crippen molar-refractivity contribution >= 4 is 23.7 Å². The second-order valence-electron chi connectivity index (χ2n) is 6.44. The predicted octanol–water partition coefficient (Wildman–Crippen LogP) is -3.30. The zero-order chi connectivity index (χ0) is 23.4. The Balaban J connectivity index is 3.18. The monoisotopic (exact) mass is 444 g/mol. The molecule has 9 N–H and O–H groups in total. The molecular formula is C18H28N4O9. The minimum atomic E-state index is -1.29. The molecule has 5 amide bonds. The Labute approximate surface area is 177 Å². The number of aliphatic hydroxyl groups is 6. The molecule has 174 valence electrons. The standard InChI is InChI=1S/C18H28N4O9/c23-8-11(26)5-19-16(29)14-3-1-2-4-15(14)22(17(30)20-6-12(27)9-24)18(31)21-7-13(28)10-25/h1-4,11-13,23-28H,5-10H2,(H,19,29)(H,20,30)(H,21,31). The topological polar surface area (TPSA) is 212 Å². The molecule has 31 heavy (non-hydrogen) atoms. The number of hydrogen-bond acceptors (Lipinski definition) is 9. The molecule has 0 spiro atoms. The first kappa shape index (κ1) is 26.2. The van der Waals surface area contributed by atoms with E-state index in [2.05, 4.69) is 16.0 Å². The number of urea groups is 2. The first-order valence-electron chi connectivity index (χ1n) is 9.34. The molecule has 0 aliphatic heterocycles. The molecule has 0 aromatic heterocycles. The van der Waals surface area contributed by atoms with E-state index in [9.17, 15) is 29.7 Å². The summed E-state index contributed by atoms with van der Waals surface area (Å²) in [5.74, 6) is -0.750. The number of benzene rings is 1. The van der Waals surface area contributed by atoms with Crippen LogP contribution in [0.2, 0.25) is 0 Å². The number of rotatable bonds is 11. The van der Waals surface area contributed by atoms with Crippen LogP contribution in [0.15, 0.2) is 24.3 Å². The Morgan fingerprint density at radius 2 is 1.16 bits per heavy atom. The summed E-state index contributed by atoms with van der Waals surface area (Å²) >= 11 is 0. The maximum absolute atomic E-state index is 12.7. The van der Waals surface area contributed by atoms with Crippen LogP contribution in [0.5, 0.6) is 0 Å². The Hall–Kier alpha value is -2.81. The van der Waals surface area contributed by atoms with Crippen molar-refractivity contribution in [3.63, 3.8) is 0 Å². The molecule has 0 saturated heterocycles. The van der Waals surface area contributed by atoms with Crippen molar-refractivity contribution in [2.24, 2.45) is 0 Å².